The van der Waals surface area contributed by atoms with Crippen molar-refractivity contribution in [3.8, 4) is 6.01 Å². The minimum Gasteiger partial charge on any atom is -0.458 e. The zero-order valence-corrected chi connectivity index (χ0v) is 13.9. The van der Waals surface area contributed by atoms with E-state index in [1.165, 1.54) is 7.11 Å². The number of sulfone groups is 1. The van der Waals surface area contributed by atoms with Crippen molar-refractivity contribution < 1.29 is 35.9 Å². The fourth-order valence-electron chi connectivity index (χ4n) is 1.48. The maximum atomic E-state index is 12.2. The van der Waals surface area contributed by atoms with Gasteiger partial charge in [0.05, 0.1) is 6.61 Å². The molecule has 1 aromatic rings. The summed E-state index contributed by atoms with van der Waals surface area (Å²) in [6, 6.07) is 0.314. The predicted octanol–water partition coefficient (Wildman–Crippen LogP) is 0.586. The molecule has 0 aliphatic heterocycles. The van der Waals surface area contributed by atoms with E-state index in [0.717, 1.165) is 12.3 Å². The molecular weight excluding hydrogens is 355 g/mol. The molecule has 12 heteroatoms. The van der Waals surface area contributed by atoms with Gasteiger partial charge in [-0.05, 0) is 6.92 Å². The van der Waals surface area contributed by atoms with E-state index in [-0.39, 0.29) is 6.61 Å². The van der Waals surface area contributed by atoms with Gasteiger partial charge in [0, 0.05) is 19.4 Å². The highest BCUT2D eigenvalue weighted by molar-refractivity contribution is 7.90. The summed E-state index contributed by atoms with van der Waals surface area (Å²) in [6.07, 6.45) is -4.36. The molecule has 0 saturated heterocycles. The van der Waals surface area contributed by atoms with E-state index < -0.39 is 51.3 Å². The Balaban J connectivity index is 3.12. The molecule has 1 aromatic heterocycles. The Morgan fingerprint density at radius 3 is 2.50 bits per heavy atom. The molecule has 0 radical (unpaired) electrons. The average molecular weight is 371 g/mol. The van der Waals surface area contributed by atoms with Crippen molar-refractivity contribution in [2.75, 3.05) is 26.5 Å². The van der Waals surface area contributed by atoms with Crippen LogP contribution in [0.15, 0.2) is 11.1 Å². The summed E-state index contributed by atoms with van der Waals surface area (Å²) in [7, 11) is -2.43. The van der Waals surface area contributed by atoms with Crippen molar-refractivity contribution in [1.29, 1.82) is 0 Å². The molecule has 0 aliphatic rings. The SMILES string of the molecule is COC[C@@H](C)Oc1nc(C(=O)NCC(F)(F)F)cc(S(C)(=O)=O)n1. The lowest BCUT2D eigenvalue weighted by Gasteiger charge is -2.13. The van der Waals surface area contributed by atoms with E-state index in [2.05, 4.69) is 9.97 Å². The first-order valence-electron chi connectivity index (χ1n) is 6.52. The molecule has 0 saturated carbocycles. The lowest BCUT2D eigenvalue weighted by Crippen LogP contribution is -2.34. The Bertz CT molecular complexity index is 694. The molecule has 0 aromatic carbocycles. The van der Waals surface area contributed by atoms with E-state index >= 15 is 0 Å². The molecule has 1 amide bonds. The van der Waals surface area contributed by atoms with Crippen LogP contribution in [0.4, 0.5) is 13.2 Å². The number of nitrogens with zero attached hydrogens (tertiary/aromatic N) is 2. The van der Waals surface area contributed by atoms with Gasteiger partial charge in [0.2, 0.25) is 0 Å². The molecule has 0 spiro atoms. The van der Waals surface area contributed by atoms with Gasteiger partial charge in [0.25, 0.3) is 5.91 Å². The first kappa shape index (κ1) is 20.1. The molecule has 1 atom stereocenters. The minimum atomic E-state index is -4.62. The molecule has 0 unspecified atom stereocenters. The van der Waals surface area contributed by atoms with Crippen LogP contribution in [-0.4, -0.2) is 63.1 Å². The van der Waals surface area contributed by atoms with Gasteiger partial charge in [-0.1, -0.05) is 0 Å². The van der Waals surface area contributed by atoms with Gasteiger partial charge in [0.15, 0.2) is 14.9 Å². The van der Waals surface area contributed by atoms with E-state index in [4.69, 9.17) is 9.47 Å². The number of aromatic nitrogens is 2. The van der Waals surface area contributed by atoms with Gasteiger partial charge in [-0.15, -0.1) is 0 Å². The van der Waals surface area contributed by atoms with Crippen LogP contribution in [0, 0.1) is 0 Å². The molecule has 136 valence electrons. The Labute approximate surface area is 136 Å². The zero-order valence-electron chi connectivity index (χ0n) is 13.0. The number of hydrogen-bond donors (Lipinski definition) is 1. The van der Waals surface area contributed by atoms with Crippen LogP contribution in [0.3, 0.4) is 0 Å². The van der Waals surface area contributed by atoms with Crippen molar-refractivity contribution in [3.63, 3.8) is 0 Å². The second kappa shape index (κ2) is 7.75. The molecule has 1 rings (SSSR count). The number of nitrogens with one attached hydrogen (secondary N) is 1. The van der Waals surface area contributed by atoms with Crippen molar-refractivity contribution in [3.05, 3.63) is 11.8 Å². The van der Waals surface area contributed by atoms with Crippen molar-refractivity contribution in [2.45, 2.75) is 24.2 Å². The summed E-state index contributed by atoms with van der Waals surface area (Å²) >= 11 is 0. The second-order valence-electron chi connectivity index (χ2n) is 4.83. The number of alkyl halides is 3. The third-order valence-corrected chi connectivity index (χ3v) is 3.42. The lowest BCUT2D eigenvalue weighted by atomic mass is 10.4. The summed E-state index contributed by atoms with van der Waals surface area (Å²) in [5.74, 6) is -1.20. The fraction of sp³-hybridized carbons (Fsp3) is 0.583. The minimum absolute atomic E-state index is 0.127. The van der Waals surface area contributed by atoms with Gasteiger partial charge < -0.3 is 14.8 Å². The Morgan fingerprint density at radius 2 is 2.00 bits per heavy atom. The number of ether oxygens (including phenoxy) is 2. The van der Waals surface area contributed by atoms with Crippen molar-refractivity contribution in [2.24, 2.45) is 0 Å². The van der Waals surface area contributed by atoms with E-state index in [1.807, 2.05) is 0 Å². The largest absolute Gasteiger partial charge is 0.458 e. The van der Waals surface area contributed by atoms with E-state index in [9.17, 15) is 26.4 Å². The zero-order chi connectivity index (χ0) is 18.5. The summed E-state index contributed by atoms with van der Waals surface area (Å²) < 4.78 is 69.7. The quantitative estimate of drug-likeness (QED) is 0.699. The van der Waals surface area contributed by atoms with Crippen LogP contribution in [0.1, 0.15) is 17.4 Å². The summed E-state index contributed by atoms with van der Waals surface area (Å²) in [4.78, 5) is 19.0. The maximum absolute atomic E-state index is 12.2. The number of amides is 1. The predicted molar refractivity (Wildman–Crippen MR) is 75.5 cm³/mol. The first-order chi connectivity index (χ1) is 10.9. The lowest BCUT2D eigenvalue weighted by molar-refractivity contribution is -0.123. The topological polar surface area (TPSA) is 107 Å². The number of hydrogen-bond acceptors (Lipinski definition) is 7. The molecule has 1 heterocycles. The molecular formula is C12H16F3N3O5S. The standard InChI is InChI=1S/C12H16F3N3O5S/c1-7(5-22-2)23-11-17-8(4-9(18-11)24(3,20)21)10(19)16-6-12(13,14)15/h4,7H,5-6H2,1-3H3,(H,16,19)/t7-/m1/s1. The van der Waals surface area contributed by atoms with E-state index in [1.54, 1.807) is 12.2 Å². The molecule has 1 N–H and O–H groups in total. The number of carbonyl (C=O) groups is 1. The summed E-state index contributed by atoms with van der Waals surface area (Å²) in [5.41, 5.74) is -0.561. The summed E-state index contributed by atoms with van der Waals surface area (Å²) in [5, 5.41) is 1.05. The van der Waals surface area contributed by atoms with Gasteiger partial charge in [0.1, 0.15) is 18.3 Å². The van der Waals surface area contributed by atoms with Gasteiger partial charge >= 0.3 is 12.2 Å². The number of halogens is 3. The fourth-order valence-corrected chi connectivity index (χ4v) is 2.05. The van der Waals surface area contributed by atoms with Crippen molar-refractivity contribution in [1.82, 2.24) is 15.3 Å². The Morgan fingerprint density at radius 1 is 1.38 bits per heavy atom. The van der Waals surface area contributed by atoms with Crippen LogP contribution >= 0.6 is 0 Å². The second-order valence-corrected chi connectivity index (χ2v) is 6.79. The van der Waals surface area contributed by atoms with Gasteiger partial charge in [-0.2, -0.15) is 23.1 Å². The number of carbonyl (C=O) groups excluding carboxylic acids is 1. The van der Waals surface area contributed by atoms with Crippen LogP contribution in [0.25, 0.3) is 0 Å². The number of methoxy groups -OCH3 is 1. The highest BCUT2D eigenvalue weighted by atomic mass is 32.2. The Hall–Kier alpha value is -1.95. The van der Waals surface area contributed by atoms with Gasteiger partial charge in [-0.25, -0.2) is 8.42 Å². The van der Waals surface area contributed by atoms with Crippen molar-refractivity contribution >= 4 is 15.7 Å². The maximum Gasteiger partial charge on any atom is 0.405 e. The van der Waals surface area contributed by atoms with E-state index in [0.29, 0.717) is 0 Å². The Kier molecular flexibility index (Phi) is 6.49. The summed E-state index contributed by atoms with van der Waals surface area (Å²) in [6.45, 7) is 0.117. The number of rotatable bonds is 7. The molecule has 0 fully saturated rings. The highest BCUT2D eigenvalue weighted by Gasteiger charge is 2.29. The molecule has 24 heavy (non-hydrogen) atoms. The average Bonchev–Trinajstić information content (AvgIpc) is 2.42. The van der Waals surface area contributed by atoms with Crippen LogP contribution in [0.2, 0.25) is 0 Å². The highest BCUT2D eigenvalue weighted by Crippen LogP contribution is 2.15. The smallest absolute Gasteiger partial charge is 0.405 e. The monoisotopic (exact) mass is 371 g/mol. The third-order valence-electron chi connectivity index (χ3n) is 2.45. The normalized spacial score (nSPS) is 13.4. The third kappa shape index (κ3) is 6.66. The molecule has 8 nitrogen and oxygen atoms in total. The van der Waals surface area contributed by atoms with Crippen LogP contribution in [-0.2, 0) is 14.6 Å². The first-order valence-corrected chi connectivity index (χ1v) is 8.41. The molecule has 0 aliphatic carbocycles. The van der Waals surface area contributed by atoms with Crippen LogP contribution in [0.5, 0.6) is 6.01 Å². The molecule has 0 bridgehead atoms. The van der Waals surface area contributed by atoms with Gasteiger partial charge in [-0.3, -0.25) is 4.79 Å². The van der Waals surface area contributed by atoms with Crippen LogP contribution < -0.4 is 10.1 Å².